The number of ether oxygens (including phenoxy) is 1. The van der Waals surface area contributed by atoms with E-state index in [2.05, 4.69) is 0 Å². The smallest absolute Gasteiger partial charge is 0.545 e. The first-order valence-electron chi connectivity index (χ1n) is 10.5. The van der Waals surface area contributed by atoms with Crippen molar-refractivity contribution in [2.45, 2.75) is 20.5 Å². The number of aromatic nitrogens is 1. The van der Waals surface area contributed by atoms with Crippen LogP contribution in [0.15, 0.2) is 60.7 Å². The average Bonchev–Trinajstić information content (AvgIpc) is 3.16. The van der Waals surface area contributed by atoms with Gasteiger partial charge in [0.2, 0.25) is 0 Å². The van der Waals surface area contributed by atoms with Crippen LogP contribution in [-0.2, 0) is 6.61 Å². The third-order valence-corrected chi connectivity index (χ3v) is 7.15. The van der Waals surface area contributed by atoms with E-state index in [-0.39, 0.29) is 51.8 Å². The summed E-state index contributed by atoms with van der Waals surface area (Å²) < 4.78 is 34.9. The molecule has 0 atom stereocenters. The number of aromatic carboxylic acids is 1. The van der Waals surface area contributed by atoms with Gasteiger partial charge in [0.15, 0.2) is 0 Å². The number of carboxylic acids is 1. The largest absolute Gasteiger partial charge is 1.00 e. The van der Waals surface area contributed by atoms with Crippen LogP contribution < -0.4 is 39.4 Å². The molecule has 35 heavy (non-hydrogen) atoms. The second-order valence-electron chi connectivity index (χ2n) is 7.99. The Morgan fingerprint density at radius 1 is 1.03 bits per heavy atom. The predicted octanol–water partition coefficient (Wildman–Crippen LogP) is 2.96. The molecule has 170 valence electrons. The zero-order chi connectivity index (χ0) is 24.0. The normalized spacial score (nSPS) is 11.0. The van der Waals surface area contributed by atoms with Gasteiger partial charge in [-0.25, -0.2) is 13.8 Å². The van der Waals surface area contributed by atoms with Crippen LogP contribution in [0.5, 0.6) is 5.75 Å². The summed E-state index contributed by atoms with van der Waals surface area (Å²) in [6.45, 7) is 3.39. The molecule has 5 rings (SSSR count). The Labute approximate surface area is 226 Å². The molecule has 0 spiro atoms. The van der Waals surface area contributed by atoms with Crippen molar-refractivity contribution in [1.82, 2.24) is 4.98 Å². The minimum Gasteiger partial charge on any atom is -0.545 e. The number of fused-ring (bicyclic) bond motifs is 2. The molecule has 0 radical (unpaired) electrons. The number of hydrogen-bond donors (Lipinski definition) is 0. The number of carbonyl (C=O) groups is 1. The van der Waals surface area contributed by atoms with Gasteiger partial charge in [-0.1, -0.05) is 30.3 Å². The Morgan fingerprint density at radius 3 is 2.43 bits per heavy atom. The molecule has 0 saturated heterocycles. The SMILES string of the molecule is Cc1c(-c2cc(C(=O)[O-])c3c(OCc4c(F)cccc4F)ccc(C)c3n2)sc2ccccc12.[Na+]. The average molecular weight is 497 g/mol. The van der Waals surface area contributed by atoms with Crippen molar-refractivity contribution in [3.05, 3.63) is 94.6 Å². The van der Waals surface area contributed by atoms with E-state index >= 15 is 0 Å². The molecule has 8 heteroatoms. The molecular weight excluding hydrogens is 479 g/mol. The van der Waals surface area contributed by atoms with Crippen LogP contribution in [-0.4, -0.2) is 11.0 Å². The second-order valence-corrected chi connectivity index (χ2v) is 9.04. The second kappa shape index (κ2) is 10.0. The summed E-state index contributed by atoms with van der Waals surface area (Å²) in [5.74, 6) is -2.70. The molecule has 0 aliphatic heterocycles. The fourth-order valence-electron chi connectivity index (χ4n) is 4.08. The van der Waals surface area contributed by atoms with Crippen molar-refractivity contribution in [2.75, 3.05) is 0 Å². The van der Waals surface area contributed by atoms with E-state index in [1.54, 1.807) is 12.1 Å². The van der Waals surface area contributed by atoms with Gasteiger partial charge in [0.1, 0.15) is 24.0 Å². The molecule has 0 fully saturated rings. The van der Waals surface area contributed by atoms with Gasteiger partial charge in [0.05, 0.1) is 33.0 Å². The predicted molar refractivity (Wildman–Crippen MR) is 127 cm³/mol. The Balaban J connectivity index is 0.00000289. The summed E-state index contributed by atoms with van der Waals surface area (Å²) in [7, 11) is 0. The van der Waals surface area contributed by atoms with Crippen molar-refractivity contribution in [2.24, 2.45) is 0 Å². The fraction of sp³-hybridized carbons (Fsp3) is 0.111. The molecule has 0 N–H and O–H groups in total. The topological polar surface area (TPSA) is 62.2 Å². The molecule has 0 aliphatic carbocycles. The van der Waals surface area contributed by atoms with Gasteiger partial charge in [-0.3, -0.25) is 0 Å². The van der Waals surface area contributed by atoms with E-state index in [0.29, 0.717) is 11.2 Å². The molecule has 0 unspecified atom stereocenters. The summed E-state index contributed by atoms with van der Waals surface area (Å²) in [6.07, 6.45) is 0. The van der Waals surface area contributed by atoms with Crippen molar-refractivity contribution in [3.8, 4) is 16.3 Å². The van der Waals surface area contributed by atoms with E-state index in [1.807, 2.05) is 38.1 Å². The molecule has 0 saturated carbocycles. The summed E-state index contributed by atoms with van der Waals surface area (Å²) in [5, 5.41) is 13.5. The van der Waals surface area contributed by atoms with Crippen LogP contribution >= 0.6 is 11.3 Å². The number of carbonyl (C=O) groups excluding carboxylic acids is 1. The Bertz CT molecular complexity index is 1580. The zero-order valence-electron chi connectivity index (χ0n) is 19.3. The maximum atomic E-state index is 14.1. The Hall–Kier alpha value is -2.84. The van der Waals surface area contributed by atoms with Crippen LogP contribution in [0.3, 0.4) is 0 Å². The summed E-state index contributed by atoms with van der Waals surface area (Å²) >= 11 is 1.54. The van der Waals surface area contributed by atoms with Crippen molar-refractivity contribution in [1.29, 1.82) is 0 Å². The van der Waals surface area contributed by atoms with Crippen molar-refractivity contribution < 1.29 is 53.0 Å². The van der Waals surface area contributed by atoms with Gasteiger partial charge < -0.3 is 14.6 Å². The number of pyridine rings is 1. The summed E-state index contributed by atoms with van der Waals surface area (Å²) in [4.78, 5) is 17.8. The first-order chi connectivity index (χ1) is 16.3. The minimum absolute atomic E-state index is 0. The van der Waals surface area contributed by atoms with E-state index in [0.717, 1.165) is 38.2 Å². The molecule has 2 aromatic heterocycles. The monoisotopic (exact) mass is 497 g/mol. The van der Waals surface area contributed by atoms with Crippen molar-refractivity contribution in [3.63, 3.8) is 0 Å². The number of nitrogens with zero attached hydrogens (tertiary/aromatic N) is 1. The Kier molecular flexibility index (Phi) is 7.24. The van der Waals surface area contributed by atoms with E-state index < -0.39 is 24.2 Å². The summed E-state index contributed by atoms with van der Waals surface area (Å²) in [5.41, 5.74) is 2.37. The van der Waals surface area contributed by atoms with Gasteiger partial charge in [-0.2, -0.15) is 0 Å². The van der Waals surface area contributed by atoms with Gasteiger partial charge in [0.25, 0.3) is 0 Å². The van der Waals surface area contributed by atoms with E-state index in [1.165, 1.54) is 23.5 Å². The number of carboxylic acid groups (broad SMARTS) is 1. The van der Waals surface area contributed by atoms with Crippen LogP contribution in [0.2, 0.25) is 0 Å². The third-order valence-electron chi connectivity index (χ3n) is 5.85. The maximum absolute atomic E-state index is 14.1. The van der Waals surface area contributed by atoms with Crippen LogP contribution in [0.25, 0.3) is 31.6 Å². The molecular formula is C27H18F2NNaO3S. The molecule has 5 aromatic rings. The fourth-order valence-corrected chi connectivity index (χ4v) is 5.25. The number of halogens is 2. The molecule has 0 aliphatic rings. The third kappa shape index (κ3) is 4.57. The number of aryl methyl sites for hydroxylation is 2. The first kappa shape index (κ1) is 25.3. The number of thiophene rings is 1. The molecule has 4 nitrogen and oxygen atoms in total. The first-order valence-corrected chi connectivity index (χ1v) is 11.4. The standard InChI is InChI=1S/C27H19F2NO3S.Na/c1-14-10-11-22(33-13-18-19(28)7-5-8-20(18)29)24-17(27(31)32)12-21(30-25(14)24)26-15(2)16-6-3-4-9-23(16)34-26;/h3-12H,13H2,1-2H3,(H,31,32);/q;+1/p-1. The van der Waals surface area contributed by atoms with Gasteiger partial charge in [0, 0.05) is 10.3 Å². The molecule has 3 aromatic carbocycles. The number of hydrogen-bond acceptors (Lipinski definition) is 5. The zero-order valence-corrected chi connectivity index (χ0v) is 22.1. The maximum Gasteiger partial charge on any atom is 1.00 e. The molecule has 0 amide bonds. The van der Waals surface area contributed by atoms with Gasteiger partial charge in [-0.15, -0.1) is 11.3 Å². The van der Waals surface area contributed by atoms with Crippen LogP contribution in [0.1, 0.15) is 27.0 Å². The quantitative estimate of drug-likeness (QED) is 0.351. The van der Waals surface area contributed by atoms with Gasteiger partial charge in [-0.05, 0) is 60.7 Å². The number of rotatable bonds is 5. The molecule has 2 heterocycles. The van der Waals surface area contributed by atoms with Gasteiger partial charge >= 0.3 is 29.6 Å². The van der Waals surface area contributed by atoms with Crippen LogP contribution in [0.4, 0.5) is 8.78 Å². The number of benzene rings is 3. The minimum atomic E-state index is -1.39. The summed E-state index contributed by atoms with van der Waals surface area (Å²) in [6, 6.07) is 16.3. The van der Waals surface area contributed by atoms with E-state index in [4.69, 9.17) is 9.72 Å². The molecule has 0 bridgehead atoms. The Morgan fingerprint density at radius 2 is 1.74 bits per heavy atom. The van der Waals surface area contributed by atoms with E-state index in [9.17, 15) is 18.7 Å². The van der Waals surface area contributed by atoms with Crippen LogP contribution in [0, 0.1) is 25.5 Å². The van der Waals surface area contributed by atoms with Crippen molar-refractivity contribution >= 4 is 38.3 Å².